The number of rotatable bonds is 4. The summed E-state index contributed by atoms with van der Waals surface area (Å²) in [5.74, 6) is 0. The molecule has 3 aromatic rings. The Bertz CT molecular complexity index is 688. The number of unbranched alkanes of at least 4 members (excludes halogenated alkanes) is 1. The molecular weight excluding hydrogens is 232 g/mol. The second kappa shape index (κ2) is 4.96. The fraction of sp³-hybridized carbons (Fsp3) is 0.294. The smallest absolute Gasteiger partial charge is 0.0462 e. The van der Waals surface area contributed by atoms with E-state index in [1.54, 1.807) is 0 Å². The van der Waals surface area contributed by atoms with Gasteiger partial charge in [0.15, 0.2) is 0 Å². The number of benzene rings is 1. The van der Waals surface area contributed by atoms with Gasteiger partial charge in [-0.1, -0.05) is 31.5 Å². The summed E-state index contributed by atoms with van der Waals surface area (Å²) in [6.07, 6.45) is 7.89. The molecule has 0 radical (unpaired) electrons. The lowest BCUT2D eigenvalue weighted by atomic mass is 10.0. The molecule has 0 aliphatic carbocycles. The number of H-pyrrole nitrogens is 1. The number of para-hydroxylation sites is 1. The van der Waals surface area contributed by atoms with Gasteiger partial charge in [-0.2, -0.15) is 0 Å². The molecule has 0 aliphatic heterocycles. The molecule has 0 saturated carbocycles. The third-order valence-corrected chi connectivity index (χ3v) is 3.68. The summed E-state index contributed by atoms with van der Waals surface area (Å²) in [6.45, 7) is 2.24. The van der Waals surface area contributed by atoms with Gasteiger partial charge in [0.2, 0.25) is 0 Å². The molecule has 0 aliphatic rings. The number of aromatic nitrogens is 2. The maximum absolute atomic E-state index is 3.60. The van der Waals surface area contributed by atoms with Crippen LogP contribution in [0, 0.1) is 0 Å². The summed E-state index contributed by atoms with van der Waals surface area (Å²) in [4.78, 5) is 3.60. The third kappa shape index (κ3) is 2.19. The molecule has 0 fully saturated rings. The van der Waals surface area contributed by atoms with E-state index >= 15 is 0 Å². The summed E-state index contributed by atoms with van der Waals surface area (Å²) in [7, 11) is 2.07. The lowest BCUT2D eigenvalue weighted by molar-refractivity contribution is 0.783. The highest BCUT2D eigenvalue weighted by molar-refractivity contribution is 5.97. The van der Waals surface area contributed by atoms with E-state index in [4.69, 9.17) is 0 Å². The average Bonchev–Trinajstić information content (AvgIpc) is 2.99. The first kappa shape index (κ1) is 12.1. The summed E-state index contributed by atoms with van der Waals surface area (Å²) in [5.41, 5.74) is 5.30. The van der Waals surface area contributed by atoms with E-state index in [9.17, 15) is 0 Å². The van der Waals surface area contributed by atoms with E-state index < -0.39 is 0 Å². The van der Waals surface area contributed by atoms with Crippen molar-refractivity contribution >= 4 is 10.9 Å². The Hall–Kier alpha value is -1.96. The minimum atomic E-state index is 1.12. The van der Waals surface area contributed by atoms with Crippen molar-refractivity contribution in [2.24, 2.45) is 7.05 Å². The van der Waals surface area contributed by atoms with E-state index in [1.165, 1.54) is 40.6 Å². The normalized spacial score (nSPS) is 11.3. The number of hydrogen-bond donors (Lipinski definition) is 1. The fourth-order valence-electron chi connectivity index (χ4n) is 2.72. The molecule has 0 saturated heterocycles. The van der Waals surface area contributed by atoms with Gasteiger partial charge in [-0.3, -0.25) is 0 Å². The second-order valence-corrected chi connectivity index (χ2v) is 5.19. The van der Waals surface area contributed by atoms with Crippen LogP contribution in [0.3, 0.4) is 0 Å². The van der Waals surface area contributed by atoms with E-state index in [0.717, 1.165) is 6.42 Å². The van der Waals surface area contributed by atoms with Gasteiger partial charge in [0.25, 0.3) is 0 Å². The van der Waals surface area contributed by atoms with Crippen LogP contribution in [0.25, 0.3) is 22.0 Å². The van der Waals surface area contributed by atoms with Gasteiger partial charge in [-0.15, -0.1) is 0 Å². The van der Waals surface area contributed by atoms with Crippen molar-refractivity contribution in [3.63, 3.8) is 0 Å². The number of fused-ring (bicyclic) bond motifs is 1. The molecule has 0 bridgehead atoms. The summed E-state index contributed by atoms with van der Waals surface area (Å²) < 4.78 is 2.11. The van der Waals surface area contributed by atoms with Crippen molar-refractivity contribution in [3.05, 3.63) is 48.4 Å². The van der Waals surface area contributed by atoms with Gasteiger partial charge in [0.05, 0.1) is 0 Å². The quantitative estimate of drug-likeness (QED) is 0.705. The molecule has 2 heteroatoms. The van der Waals surface area contributed by atoms with Crippen LogP contribution in [0.4, 0.5) is 0 Å². The van der Waals surface area contributed by atoms with E-state index in [2.05, 4.69) is 66.2 Å². The highest BCUT2D eigenvalue weighted by atomic mass is 14.9. The molecule has 0 spiro atoms. The number of hydrogen-bond acceptors (Lipinski definition) is 0. The van der Waals surface area contributed by atoms with Gasteiger partial charge >= 0.3 is 0 Å². The number of nitrogens with one attached hydrogen (secondary N) is 1. The molecule has 1 aromatic carbocycles. The standard InChI is InChI=1S/C17H20N2/c1-3-4-8-16-17(13-10-11-19(2)12-13)14-7-5-6-9-15(14)18-16/h5-7,9-12,18H,3-4,8H2,1-2H3. The number of nitrogens with zero attached hydrogens (tertiary/aromatic N) is 1. The van der Waals surface area contributed by atoms with Crippen LogP contribution in [0.1, 0.15) is 25.5 Å². The van der Waals surface area contributed by atoms with Crippen molar-refractivity contribution in [3.8, 4) is 11.1 Å². The molecule has 0 amide bonds. The summed E-state index contributed by atoms with van der Waals surface area (Å²) >= 11 is 0. The first-order valence-electron chi connectivity index (χ1n) is 7.01. The molecule has 1 N–H and O–H groups in total. The van der Waals surface area contributed by atoms with Crippen molar-refractivity contribution in [1.82, 2.24) is 9.55 Å². The van der Waals surface area contributed by atoms with E-state index in [-0.39, 0.29) is 0 Å². The zero-order valence-electron chi connectivity index (χ0n) is 11.6. The lowest BCUT2D eigenvalue weighted by Crippen LogP contribution is -1.88. The van der Waals surface area contributed by atoms with Crippen LogP contribution in [0.5, 0.6) is 0 Å². The van der Waals surface area contributed by atoms with Crippen LogP contribution in [0.2, 0.25) is 0 Å². The Kier molecular flexibility index (Phi) is 3.16. The molecule has 0 unspecified atom stereocenters. The average molecular weight is 252 g/mol. The van der Waals surface area contributed by atoms with E-state index in [0.29, 0.717) is 0 Å². The maximum Gasteiger partial charge on any atom is 0.0462 e. The number of aryl methyl sites for hydroxylation is 2. The van der Waals surface area contributed by atoms with Crippen molar-refractivity contribution in [2.75, 3.05) is 0 Å². The minimum Gasteiger partial charge on any atom is -0.358 e. The Balaban J connectivity index is 2.18. The zero-order valence-corrected chi connectivity index (χ0v) is 11.6. The predicted molar refractivity (Wildman–Crippen MR) is 81.3 cm³/mol. The molecule has 2 nitrogen and oxygen atoms in total. The molecule has 98 valence electrons. The Morgan fingerprint density at radius 1 is 1.16 bits per heavy atom. The van der Waals surface area contributed by atoms with Gasteiger partial charge in [-0.25, -0.2) is 0 Å². The largest absolute Gasteiger partial charge is 0.358 e. The Morgan fingerprint density at radius 3 is 2.74 bits per heavy atom. The highest BCUT2D eigenvalue weighted by Gasteiger charge is 2.13. The highest BCUT2D eigenvalue weighted by Crippen LogP contribution is 2.33. The molecule has 2 aromatic heterocycles. The van der Waals surface area contributed by atoms with Crippen LogP contribution < -0.4 is 0 Å². The second-order valence-electron chi connectivity index (χ2n) is 5.19. The van der Waals surface area contributed by atoms with Gasteiger partial charge < -0.3 is 9.55 Å². The molecular formula is C17H20N2. The van der Waals surface area contributed by atoms with Crippen LogP contribution in [-0.4, -0.2) is 9.55 Å². The molecule has 19 heavy (non-hydrogen) atoms. The van der Waals surface area contributed by atoms with Crippen molar-refractivity contribution in [2.45, 2.75) is 26.2 Å². The molecule has 2 heterocycles. The Labute approximate surface area is 114 Å². The van der Waals surface area contributed by atoms with Gasteiger partial charge in [-0.05, 0) is 25.0 Å². The van der Waals surface area contributed by atoms with E-state index in [1.807, 2.05) is 0 Å². The Morgan fingerprint density at radius 2 is 2.00 bits per heavy atom. The molecule has 3 rings (SSSR count). The summed E-state index contributed by atoms with van der Waals surface area (Å²) in [5, 5.41) is 1.33. The first-order chi connectivity index (χ1) is 9.29. The molecule has 0 atom stereocenters. The van der Waals surface area contributed by atoms with Crippen molar-refractivity contribution in [1.29, 1.82) is 0 Å². The minimum absolute atomic E-state index is 1.12. The lowest BCUT2D eigenvalue weighted by Gasteiger charge is -2.02. The number of aromatic amines is 1. The zero-order chi connectivity index (χ0) is 13.2. The maximum atomic E-state index is 3.60. The topological polar surface area (TPSA) is 20.7 Å². The fourth-order valence-corrected chi connectivity index (χ4v) is 2.72. The van der Waals surface area contributed by atoms with Gasteiger partial charge in [0, 0.05) is 47.2 Å². The predicted octanol–water partition coefficient (Wildman–Crippen LogP) is 4.52. The van der Waals surface area contributed by atoms with Gasteiger partial charge in [0.1, 0.15) is 0 Å². The van der Waals surface area contributed by atoms with Crippen LogP contribution in [-0.2, 0) is 13.5 Å². The monoisotopic (exact) mass is 252 g/mol. The summed E-state index contributed by atoms with van der Waals surface area (Å²) in [6, 6.07) is 10.8. The third-order valence-electron chi connectivity index (χ3n) is 3.68. The first-order valence-corrected chi connectivity index (χ1v) is 7.01. The SMILES string of the molecule is CCCCc1[nH]c2ccccc2c1-c1ccn(C)c1. The van der Waals surface area contributed by atoms with Crippen LogP contribution >= 0.6 is 0 Å². The van der Waals surface area contributed by atoms with Crippen molar-refractivity contribution < 1.29 is 0 Å². The van der Waals surface area contributed by atoms with Crippen LogP contribution in [0.15, 0.2) is 42.7 Å².